The molecule has 1 heterocycles. The molecule has 49 heavy (non-hydrogen) atoms. The molecule has 0 atom stereocenters. The number of aryl methyl sites for hydroxylation is 2. The van der Waals surface area contributed by atoms with Crippen LogP contribution in [0.25, 0.3) is 29.1 Å². The Morgan fingerprint density at radius 2 is 0.918 bits per heavy atom. The molecule has 0 amide bonds. The van der Waals surface area contributed by atoms with E-state index in [1.807, 2.05) is 0 Å². The standard InChI is InChI=1S/C47H66N2/c1-3-5-7-9-11-13-15-17-19-22-26-41-30-32-43(33-31-41)36-39-45-40-47(49(48-45)46-28-24-21-25-29-46)44-37-34-42(35-38-44)27-23-20-18-16-14-12-10-8-6-4-2/h21,24-25,28-40H,3-20,22-23,26-27H2,1-2H3. The molecule has 2 heteroatoms. The van der Waals surface area contributed by atoms with E-state index in [4.69, 9.17) is 5.10 Å². The summed E-state index contributed by atoms with van der Waals surface area (Å²) in [7, 11) is 0. The Bertz CT molecular complexity index is 1410. The first-order valence-electron chi connectivity index (χ1n) is 20.3. The molecule has 0 aliphatic heterocycles. The van der Waals surface area contributed by atoms with Crippen LogP contribution in [-0.2, 0) is 12.8 Å². The van der Waals surface area contributed by atoms with Gasteiger partial charge in [0.25, 0.3) is 0 Å². The summed E-state index contributed by atoms with van der Waals surface area (Å²) in [4.78, 5) is 0. The minimum Gasteiger partial charge on any atom is -0.233 e. The number of hydrogen-bond acceptors (Lipinski definition) is 1. The highest BCUT2D eigenvalue weighted by Crippen LogP contribution is 2.26. The van der Waals surface area contributed by atoms with Crippen LogP contribution in [0.4, 0.5) is 0 Å². The van der Waals surface area contributed by atoms with Gasteiger partial charge in [-0.1, -0.05) is 202 Å². The lowest BCUT2D eigenvalue weighted by molar-refractivity contribution is 0.556. The van der Waals surface area contributed by atoms with Crippen LogP contribution in [0.3, 0.4) is 0 Å². The summed E-state index contributed by atoms with van der Waals surface area (Å²) in [6.07, 6.45) is 34.4. The monoisotopic (exact) mass is 659 g/mol. The predicted octanol–water partition coefficient (Wildman–Crippen LogP) is 14.6. The molecule has 2 nitrogen and oxygen atoms in total. The molecule has 0 bridgehead atoms. The Morgan fingerprint density at radius 1 is 0.469 bits per heavy atom. The Balaban J connectivity index is 1.25. The van der Waals surface area contributed by atoms with E-state index in [1.165, 1.54) is 164 Å². The Morgan fingerprint density at radius 3 is 1.41 bits per heavy atom. The Hall–Kier alpha value is -3.39. The number of benzene rings is 3. The summed E-state index contributed by atoms with van der Waals surface area (Å²) in [5, 5.41) is 5.04. The van der Waals surface area contributed by atoms with Gasteiger partial charge in [0.1, 0.15) is 0 Å². The van der Waals surface area contributed by atoms with Crippen LogP contribution >= 0.6 is 0 Å². The van der Waals surface area contributed by atoms with Crippen molar-refractivity contribution in [1.29, 1.82) is 0 Å². The molecule has 264 valence electrons. The minimum absolute atomic E-state index is 0.975. The lowest BCUT2D eigenvalue weighted by Crippen LogP contribution is -1.99. The van der Waals surface area contributed by atoms with Gasteiger partial charge in [0, 0.05) is 5.56 Å². The zero-order valence-corrected chi connectivity index (χ0v) is 31.2. The second-order valence-corrected chi connectivity index (χ2v) is 14.3. The number of nitrogens with zero attached hydrogens (tertiary/aromatic N) is 2. The third-order valence-electron chi connectivity index (χ3n) is 10.0. The first-order valence-corrected chi connectivity index (χ1v) is 20.3. The van der Waals surface area contributed by atoms with Gasteiger partial charge in [-0.3, -0.25) is 0 Å². The van der Waals surface area contributed by atoms with E-state index in [1.54, 1.807) is 0 Å². The van der Waals surface area contributed by atoms with Crippen LogP contribution in [0.5, 0.6) is 0 Å². The van der Waals surface area contributed by atoms with Gasteiger partial charge >= 0.3 is 0 Å². The fourth-order valence-electron chi connectivity index (χ4n) is 6.90. The van der Waals surface area contributed by atoms with E-state index in [0.717, 1.165) is 17.1 Å². The van der Waals surface area contributed by atoms with Gasteiger partial charge in [0.05, 0.1) is 17.1 Å². The molecular formula is C47H66N2. The van der Waals surface area contributed by atoms with Crippen molar-refractivity contribution in [2.75, 3.05) is 0 Å². The van der Waals surface area contributed by atoms with E-state index < -0.39 is 0 Å². The molecule has 0 fully saturated rings. The molecule has 0 unspecified atom stereocenters. The van der Waals surface area contributed by atoms with Crippen LogP contribution in [0.2, 0.25) is 0 Å². The van der Waals surface area contributed by atoms with Crippen molar-refractivity contribution in [2.24, 2.45) is 0 Å². The molecule has 4 rings (SSSR count). The molecule has 1 aromatic heterocycles. The van der Waals surface area contributed by atoms with Gasteiger partial charge in [-0.15, -0.1) is 0 Å². The second-order valence-electron chi connectivity index (χ2n) is 14.3. The third-order valence-corrected chi connectivity index (χ3v) is 10.0. The first kappa shape index (κ1) is 38.4. The van der Waals surface area contributed by atoms with Crippen molar-refractivity contribution >= 4 is 12.2 Å². The molecule has 0 spiro atoms. The summed E-state index contributed by atoms with van der Waals surface area (Å²) < 4.78 is 2.09. The van der Waals surface area contributed by atoms with Crippen LogP contribution in [-0.4, -0.2) is 9.78 Å². The quantitative estimate of drug-likeness (QED) is 0.0614. The van der Waals surface area contributed by atoms with E-state index in [0.29, 0.717) is 0 Å². The highest BCUT2D eigenvalue weighted by molar-refractivity contribution is 5.72. The first-order chi connectivity index (χ1) is 24.3. The summed E-state index contributed by atoms with van der Waals surface area (Å²) >= 11 is 0. The van der Waals surface area contributed by atoms with Gasteiger partial charge in [0.2, 0.25) is 0 Å². The Labute approximate surface area is 300 Å². The largest absolute Gasteiger partial charge is 0.233 e. The smallest absolute Gasteiger partial charge is 0.0862 e. The maximum absolute atomic E-state index is 5.04. The van der Waals surface area contributed by atoms with Crippen LogP contribution in [0, 0.1) is 0 Å². The second kappa shape index (κ2) is 23.9. The molecular weight excluding hydrogens is 593 g/mol. The van der Waals surface area contributed by atoms with Crippen LogP contribution in [0.15, 0.2) is 84.9 Å². The van der Waals surface area contributed by atoms with Crippen molar-refractivity contribution < 1.29 is 0 Å². The lowest BCUT2D eigenvalue weighted by Gasteiger charge is -2.08. The van der Waals surface area contributed by atoms with Crippen molar-refractivity contribution in [1.82, 2.24) is 9.78 Å². The lowest BCUT2D eigenvalue weighted by atomic mass is 10.0. The third kappa shape index (κ3) is 14.9. The fourth-order valence-corrected chi connectivity index (χ4v) is 6.90. The molecule has 0 aliphatic carbocycles. The average Bonchev–Trinajstić information content (AvgIpc) is 3.58. The minimum atomic E-state index is 0.975. The highest BCUT2D eigenvalue weighted by Gasteiger charge is 2.11. The highest BCUT2D eigenvalue weighted by atomic mass is 15.3. The van der Waals surface area contributed by atoms with Crippen LogP contribution < -0.4 is 0 Å². The number of aromatic nitrogens is 2. The average molecular weight is 659 g/mol. The van der Waals surface area contributed by atoms with E-state index in [9.17, 15) is 0 Å². The summed E-state index contributed by atoms with van der Waals surface area (Å²) in [6.45, 7) is 4.59. The molecule has 4 aromatic rings. The number of hydrogen-bond donors (Lipinski definition) is 0. The molecule has 0 aliphatic rings. The molecule has 0 radical (unpaired) electrons. The van der Waals surface area contributed by atoms with Crippen molar-refractivity contribution in [3.8, 4) is 16.9 Å². The van der Waals surface area contributed by atoms with E-state index in [2.05, 4.69) is 116 Å². The summed E-state index contributed by atoms with van der Waals surface area (Å²) in [5.74, 6) is 0. The van der Waals surface area contributed by atoms with E-state index in [-0.39, 0.29) is 0 Å². The van der Waals surface area contributed by atoms with Crippen LogP contribution in [0.1, 0.15) is 165 Å². The van der Waals surface area contributed by atoms with E-state index >= 15 is 0 Å². The maximum Gasteiger partial charge on any atom is 0.0862 e. The number of rotatable bonds is 26. The zero-order chi connectivity index (χ0) is 34.2. The van der Waals surface area contributed by atoms with Gasteiger partial charge in [-0.05, 0) is 66.6 Å². The zero-order valence-electron chi connectivity index (χ0n) is 31.2. The molecule has 0 saturated heterocycles. The number of unbranched alkanes of at least 4 members (excludes halogenated alkanes) is 18. The van der Waals surface area contributed by atoms with Crippen molar-refractivity contribution in [3.05, 3.63) is 107 Å². The normalized spacial score (nSPS) is 11.6. The molecule has 0 saturated carbocycles. The molecule has 3 aromatic carbocycles. The van der Waals surface area contributed by atoms with Gasteiger partial charge in [-0.2, -0.15) is 5.10 Å². The molecule has 0 N–H and O–H groups in total. The van der Waals surface area contributed by atoms with Crippen molar-refractivity contribution in [2.45, 2.75) is 155 Å². The number of para-hydroxylation sites is 1. The van der Waals surface area contributed by atoms with Gasteiger partial charge < -0.3 is 0 Å². The maximum atomic E-state index is 5.04. The predicted molar refractivity (Wildman–Crippen MR) is 215 cm³/mol. The van der Waals surface area contributed by atoms with Gasteiger partial charge in [-0.25, -0.2) is 4.68 Å². The summed E-state index contributed by atoms with van der Waals surface area (Å²) in [6, 6.07) is 31.0. The topological polar surface area (TPSA) is 17.8 Å². The Kier molecular flexibility index (Phi) is 18.7. The SMILES string of the molecule is CCCCCCCCCCCCc1ccc(C=Cc2cc(-c3ccc(CCCCCCCCCCCC)cc3)n(-c3ccccc3)n2)cc1. The fraction of sp³-hybridized carbons (Fsp3) is 0.511. The van der Waals surface area contributed by atoms with Crippen molar-refractivity contribution in [3.63, 3.8) is 0 Å². The van der Waals surface area contributed by atoms with Gasteiger partial charge in [0.15, 0.2) is 0 Å². The summed E-state index contributed by atoms with van der Waals surface area (Å²) in [5.41, 5.74) is 8.50.